The maximum Gasteiger partial charge on any atom is 0.257 e. The van der Waals surface area contributed by atoms with Crippen molar-refractivity contribution >= 4 is 23.1 Å². The fourth-order valence-electron chi connectivity index (χ4n) is 1.79. The number of aryl methyl sites for hydroxylation is 1. The highest BCUT2D eigenvalue weighted by molar-refractivity contribution is 7.98. The Balaban J connectivity index is 1.68. The van der Waals surface area contributed by atoms with Crippen molar-refractivity contribution in [1.82, 2.24) is 25.0 Å². The summed E-state index contributed by atoms with van der Waals surface area (Å²) in [4.78, 5) is 0.973. The van der Waals surface area contributed by atoms with E-state index in [2.05, 4.69) is 20.4 Å². The third-order valence-corrected chi connectivity index (χ3v) is 4.59. The van der Waals surface area contributed by atoms with Gasteiger partial charge in [0.2, 0.25) is 5.89 Å². The average Bonchev–Trinajstić information content (AvgIpc) is 3.19. The molecule has 0 aliphatic heterocycles. The van der Waals surface area contributed by atoms with Crippen molar-refractivity contribution in [2.75, 3.05) is 6.54 Å². The molecule has 0 amide bonds. The van der Waals surface area contributed by atoms with Crippen molar-refractivity contribution in [1.29, 1.82) is 0 Å². The van der Waals surface area contributed by atoms with Gasteiger partial charge >= 0.3 is 0 Å². The molecular formula is C12H14N6OS2. The van der Waals surface area contributed by atoms with Gasteiger partial charge in [-0.25, -0.2) is 0 Å². The second kappa shape index (κ2) is 6.37. The molecule has 9 heteroatoms. The summed E-state index contributed by atoms with van der Waals surface area (Å²) in [6.07, 6.45) is 0. The van der Waals surface area contributed by atoms with E-state index >= 15 is 0 Å². The maximum absolute atomic E-state index is 5.64. The van der Waals surface area contributed by atoms with Gasteiger partial charge in [-0.3, -0.25) is 0 Å². The Morgan fingerprint density at radius 2 is 2.24 bits per heavy atom. The van der Waals surface area contributed by atoms with Crippen LogP contribution < -0.4 is 5.73 Å². The summed E-state index contributed by atoms with van der Waals surface area (Å²) < 4.78 is 7.63. The number of nitrogens with zero attached hydrogens (tertiary/aromatic N) is 5. The van der Waals surface area contributed by atoms with Gasteiger partial charge in [0.15, 0.2) is 5.16 Å². The van der Waals surface area contributed by atoms with Gasteiger partial charge in [0.05, 0.1) is 10.6 Å². The van der Waals surface area contributed by atoms with Crippen LogP contribution in [0.3, 0.4) is 0 Å². The summed E-state index contributed by atoms with van der Waals surface area (Å²) in [6.45, 7) is 3.16. The van der Waals surface area contributed by atoms with Crippen molar-refractivity contribution in [2.24, 2.45) is 5.73 Å². The summed E-state index contributed by atoms with van der Waals surface area (Å²) in [5.41, 5.74) is 5.60. The lowest BCUT2D eigenvalue weighted by Crippen LogP contribution is -2.12. The predicted octanol–water partition coefficient (Wildman–Crippen LogP) is 1.95. The van der Waals surface area contributed by atoms with Gasteiger partial charge in [0, 0.05) is 13.1 Å². The molecule has 21 heavy (non-hydrogen) atoms. The van der Waals surface area contributed by atoms with E-state index < -0.39 is 0 Å². The SMILES string of the molecule is Cc1nnc(SCc2nnc(-c3cccs3)o2)n1CCN. The molecule has 0 saturated heterocycles. The largest absolute Gasteiger partial charge is 0.419 e. The van der Waals surface area contributed by atoms with Crippen LogP contribution in [0.1, 0.15) is 11.7 Å². The quantitative estimate of drug-likeness (QED) is 0.693. The molecule has 0 fully saturated rings. The van der Waals surface area contributed by atoms with Gasteiger partial charge in [-0.1, -0.05) is 17.8 Å². The van der Waals surface area contributed by atoms with Crippen molar-refractivity contribution < 1.29 is 4.42 Å². The molecule has 0 atom stereocenters. The second-order valence-electron chi connectivity index (χ2n) is 4.24. The molecule has 0 aliphatic rings. The number of nitrogens with two attached hydrogens (primary N) is 1. The first kappa shape index (κ1) is 14.2. The third-order valence-electron chi connectivity index (χ3n) is 2.78. The van der Waals surface area contributed by atoms with Crippen LogP contribution in [0, 0.1) is 6.92 Å². The minimum Gasteiger partial charge on any atom is -0.419 e. The fraction of sp³-hybridized carbons (Fsp3) is 0.333. The summed E-state index contributed by atoms with van der Waals surface area (Å²) in [6, 6.07) is 3.91. The van der Waals surface area contributed by atoms with Crippen LogP contribution in [-0.2, 0) is 12.3 Å². The van der Waals surface area contributed by atoms with Gasteiger partial charge < -0.3 is 14.7 Å². The molecule has 0 spiro atoms. The highest BCUT2D eigenvalue weighted by atomic mass is 32.2. The molecule has 3 heterocycles. The van der Waals surface area contributed by atoms with Gasteiger partial charge in [0.25, 0.3) is 5.89 Å². The van der Waals surface area contributed by atoms with Crippen molar-refractivity contribution in [3.63, 3.8) is 0 Å². The lowest BCUT2D eigenvalue weighted by atomic mass is 10.5. The molecule has 3 aromatic rings. The molecule has 7 nitrogen and oxygen atoms in total. The molecule has 110 valence electrons. The zero-order valence-corrected chi connectivity index (χ0v) is 13.0. The molecule has 0 radical (unpaired) electrons. The average molecular weight is 322 g/mol. The minimum atomic E-state index is 0.551. The van der Waals surface area contributed by atoms with Crippen LogP contribution in [0.5, 0.6) is 0 Å². The van der Waals surface area contributed by atoms with Crippen LogP contribution in [0.15, 0.2) is 27.1 Å². The van der Waals surface area contributed by atoms with Gasteiger partial charge in [-0.05, 0) is 18.4 Å². The van der Waals surface area contributed by atoms with Crippen molar-refractivity contribution in [3.05, 3.63) is 29.2 Å². The summed E-state index contributed by atoms with van der Waals surface area (Å²) in [5, 5.41) is 19.1. The Bertz CT molecular complexity index is 705. The Morgan fingerprint density at radius 1 is 1.33 bits per heavy atom. The highest BCUT2D eigenvalue weighted by Crippen LogP contribution is 2.26. The maximum atomic E-state index is 5.64. The second-order valence-corrected chi connectivity index (χ2v) is 6.13. The monoisotopic (exact) mass is 322 g/mol. The zero-order chi connectivity index (χ0) is 14.7. The zero-order valence-electron chi connectivity index (χ0n) is 11.4. The van der Waals surface area contributed by atoms with E-state index in [4.69, 9.17) is 10.2 Å². The van der Waals surface area contributed by atoms with Crippen LogP contribution in [0.25, 0.3) is 10.8 Å². The van der Waals surface area contributed by atoms with Crippen LogP contribution in [-0.4, -0.2) is 31.5 Å². The van der Waals surface area contributed by atoms with Gasteiger partial charge in [-0.15, -0.1) is 31.7 Å². The van der Waals surface area contributed by atoms with Gasteiger partial charge in [0.1, 0.15) is 5.82 Å². The first-order chi connectivity index (χ1) is 10.3. The van der Waals surface area contributed by atoms with Crippen molar-refractivity contribution in [3.8, 4) is 10.8 Å². The Morgan fingerprint density at radius 3 is 3.00 bits per heavy atom. The normalized spacial score (nSPS) is 11.1. The van der Waals surface area contributed by atoms with E-state index in [0.29, 0.717) is 30.6 Å². The lowest BCUT2D eigenvalue weighted by Gasteiger charge is -2.04. The molecule has 3 rings (SSSR count). The predicted molar refractivity (Wildman–Crippen MR) is 81.0 cm³/mol. The van der Waals surface area contributed by atoms with E-state index in [1.807, 2.05) is 29.0 Å². The molecule has 0 aliphatic carbocycles. The Labute approximate surface area is 129 Å². The minimum absolute atomic E-state index is 0.551. The summed E-state index contributed by atoms with van der Waals surface area (Å²) in [5.74, 6) is 2.54. The number of hydrogen-bond donors (Lipinski definition) is 1. The highest BCUT2D eigenvalue weighted by Gasteiger charge is 2.13. The van der Waals surface area contributed by atoms with Gasteiger partial charge in [-0.2, -0.15) is 0 Å². The van der Waals surface area contributed by atoms with E-state index in [1.54, 1.807) is 11.3 Å². The van der Waals surface area contributed by atoms with E-state index in [1.165, 1.54) is 11.8 Å². The summed E-state index contributed by atoms with van der Waals surface area (Å²) in [7, 11) is 0. The lowest BCUT2D eigenvalue weighted by molar-refractivity contribution is 0.529. The van der Waals surface area contributed by atoms with Crippen LogP contribution in [0.2, 0.25) is 0 Å². The van der Waals surface area contributed by atoms with E-state index in [0.717, 1.165) is 15.9 Å². The number of hydrogen-bond acceptors (Lipinski definition) is 8. The van der Waals surface area contributed by atoms with Crippen LogP contribution in [0.4, 0.5) is 0 Å². The van der Waals surface area contributed by atoms with Crippen molar-refractivity contribution in [2.45, 2.75) is 24.4 Å². The topological polar surface area (TPSA) is 95.6 Å². The van der Waals surface area contributed by atoms with E-state index in [9.17, 15) is 0 Å². The first-order valence-corrected chi connectivity index (χ1v) is 8.23. The molecular weight excluding hydrogens is 308 g/mol. The first-order valence-electron chi connectivity index (χ1n) is 6.37. The standard InChI is InChI=1S/C12H14N6OS2/c1-8-14-17-12(18(8)5-4-13)21-7-10-15-16-11(19-10)9-3-2-6-20-9/h2-3,6H,4-5,7,13H2,1H3. The van der Waals surface area contributed by atoms with E-state index in [-0.39, 0.29) is 0 Å². The smallest absolute Gasteiger partial charge is 0.257 e. The molecule has 3 aromatic heterocycles. The molecule has 0 saturated carbocycles. The molecule has 0 bridgehead atoms. The molecule has 2 N–H and O–H groups in total. The number of thioether (sulfide) groups is 1. The Kier molecular flexibility index (Phi) is 4.32. The molecule has 0 aromatic carbocycles. The summed E-state index contributed by atoms with van der Waals surface area (Å²) >= 11 is 3.09. The number of thiophene rings is 1. The fourth-order valence-corrected chi connectivity index (χ4v) is 3.28. The molecule has 0 unspecified atom stereocenters. The number of aromatic nitrogens is 5. The van der Waals surface area contributed by atoms with Crippen LogP contribution >= 0.6 is 23.1 Å². The number of rotatable bonds is 6. The third kappa shape index (κ3) is 3.14. The Hall–Kier alpha value is -1.71.